The fourth-order valence-electron chi connectivity index (χ4n) is 1.93. The van der Waals surface area contributed by atoms with Gasteiger partial charge >= 0.3 is 7.60 Å². The van der Waals surface area contributed by atoms with E-state index in [9.17, 15) is 13.3 Å². The highest BCUT2D eigenvalue weighted by Crippen LogP contribution is 2.52. The lowest BCUT2D eigenvalue weighted by atomic mass is 10.2. The Morgan fingerprint density at radius 1 is 1.32 bits per heavy atom. The van der Waals surface area contributed by atoms with E-state index in [-0.39, 0.29) is 28.6 Å². The van der Waals surface area contributed by atoms with Crippen LogP contribution in [0.5, 0.6) is 0 Å². The van der Waals surface area contributed by atoms with Crippen LogP contribution in [0.2, 0.25) is 0 Å². The molecule has 0 fully saturated rings. The molecule has 0 bridgehead atoms. The molecule has 4 nitrogen and oxygen atoms in total. The molecule has 0 aliphatic carbocycles. The summed E-state index contributed by atoms with van der Waals surface area (Å²) in [5.41, 5.74) is 0.388. The van der Waals surface area contributed by atoms with Crippen LogP contribution in [-0.2, 0) is 13.6 Å². The number of aromatic nitrogens is 1. The standard InChI is InChI=1S/C13H15BrF2NO3PS/c1-3-19-21(18,20-4-2)7-22-10-6-17-9-5-8(15)12(14)13(16)11(9)10/h5-6,17H,3-4,7H2,1-2H3. The van der Waals surface area contributed by atoms with Gasteiger partial charge in [-0.2, -0.15) is 0 Å². The van der Waals surface area contributed by atoms with Crippen molar-refractivity contribution in [3.63, 3.8) is 0 Å². The van der Waals surface area contributed by atoms with E-state index < -0.39 is 19.2 Å². The van der Waals surface area contributed by atoms with Crippen molar-refractivity contribution < 1.29 is 22.4 Å². The monoisotopic (exact) mass is 413 g/mol. The predicted octanol–water partition coefficient (Wildman–Crippen LogP) is 5.52. The van der Waals surface area contributed by atoms with E-state index in [4.69, 9.17) is 9.05 Å². The number of nitrogens with one attached hydrogen (secondary N) is 1. The molecule has 1 aromatic heterocycles. The van der Waals surface area contributed by atoms with E-state index in [1.165, 1.54) is 6.07 Å². The van der Waals surface area contributed by atoms with Crippen LogP contribution in [0.1, 0.15) is 13.8 Å². The fourth-order valence-corrected chi connectivity index (χ4v) is 5.38. The average Bonchev–Trinajstić information content (AvgIpc) is 2.86. The van der Waals surface area contributed by atoms with Gasteiger partial charge in [-0.3, -0.25) is 4.57 Å². The van der Waals surface area contributed by atoms with Crippen LogP contribution in [0, 0.1) is 11.6 Å². The molecule has 0 aliphatic rings. The van der Waals surface area contributed by atoms with Crippen LogP contribution in [0.3, 0.4) is 0 Å². The van der Waals surface area contributed by atoms with E-state index in [0.717, 1.165) is 11.8 Å². The van der Waals surface area contributed by atoms with Crippen molar-refractivity contribution >= 4 is 46.2 Å². The highest BCUT2D eigenvalue weighted by Gasteiger charge is 2.25. The first-order chi connectivity index (χ1) is 10.4. The van der Waals surface area contributed by atoms with Crippen molar-refractivity contribution in [2.24, 2.45) is 0 Å². The molecular formula is C13H15BrF2NO3PS. The lowest BCUT2D eigenvalue weighted by molar-refractivity contribution is 0.224. The molecule has 2 rings (SSSR count). The molecule has 1 aromatic carbocycles. The van der Waals surface area contributed by atoms with Gasteiger partial charge in [-0.05, 0) is 35.8 Å². The van der Waals surface area contributed by atoms with Gasteiger partial charge in [0, 0.05) is 11.1 Å². The average molecular weight is 414 g/mol. The Balaban J connectivity index is 2.29. The van der Waals surface area contributed by atoms with Crippen molar-refractivity contribution in [3.8, 4) is 0 Å². The minimum Gasteiger partial charge on any atom is -0.360 e. The van der Waals surface area contributed by atoms with Crippen LogP contribution >= 0.6 is 35.3 Å². The number of halogens is 3. The molecule has 0 saturated heterocycles. The normalized spacial score (nSPS) is 12.2. The second-order valence-electron chi connectivity index (χ2n) is 4.28. The lowest BCUT2D eigenvalue weighted by Crippen LogP contribution is -1.97. The van der Waals surface area contributed by atoms with Crippen LogP contribution in [0.15, 0.2) is 21.6 Å². The molecule has 2 aromatic rings. The van der Waals surface area contributed by atoms with E-state index in [1.807, 2.05) is 0 Å². The second-order valence-corrected chi connectivity index (χ2v) is 8.57. The van der Waals surface area contributed by atoms with Crippen LogP contribution in [-0.4, -0.2) is 23.7 Å². The lowest BCUT2D eigenvalue weighted by Gasteiger charge is -2.16. The van der Waals surface area contributed by atoms with Gasteiger partial charge in [0.25, 0.3) is 0 Å². The zero-order chi connectivity index (χ0) is 16.3. The Morgan fingerprint density at radius 3 is 2.55 bits per heavy atom. The van der Waals surface area contributed by atoms with Crippen molar-refractivity contribution in [2.75, 3.05) is 18.7 Å². The molecule has 22 heavy (non-hydrogen) atoms. The summed E-state index contributed by atoms with van der Waals surface area (Å²) < 4.78 is 50.3. The number of hydrogen-bond acceptors (Lipinski definition) is 4. The van der Waals surface area contributed by atoms with Crippen LogP contribution < -0.4 is 0 Å². The Morgan fingerprint density at radius 2 is 1.95 bits per heavy atom. The first-order valence-electron chi connectivity index (χ1n) is 6.57. The first-order valence-corrected chi connectivity index (χ1v) is 10.1. The highest BCUT2D eigenvalue weighted by molar-refractivity contribution is 9.10. The van der Waals surface area contributed by atoms with Gasteiger partial charge < -0.3 is 14.0 Å². The summed E-state index contributed by atoms with van der Waals surface area (Å²) >= 11 is 4.03. The summed E-state index contributed by atoms with van der Waals surface area (Å²) in [5, 5.41) is 0.248. The molecule has 0 unspecified atom stereocenters. The molecule has 122 valence electrons. The smallest absolute Gasteiger partial charge is 0.340 e. The van der Waals surface area contributed by atoms with Gasteiger partial charge in [-0.1, -0.05) is 0 Å². The van der Waals surface area contributed by atoms with Crippen molar-refractivity contribution in [1.29, 1.82) is 0 Å². The summed E-state index contributed by atoms with van der Waals surface area (Å²) in [7, 11) is -3.23. The molecule has 0 spiro atoms. The first kappa shape index (κ1) is 17.9. The number of H-pyrrole nitrogens is 1. The van der Waals surface area contributed by atoms with Crippen molar-refractivity contribution in [1.82, 2.24) is 4.98 Å². The minimum absolute atomic E-state index is 0.0517. The number of rotatable bonds is 7. The summed E-state index contributed by atoms with van der Waals surface area (Å²) in [6.07, 6.45) is 1.55. The molecule has 0 atom stereocenters. The predicted molar refractivity (Wildman–Crippen MR) is 87.5 cm³/mol. The number of fused-ring (bicyclic) bond motifs is 1. The molecular weight excluding hydrogens is 399 g/mol. The fraction of sp³-hybridized carbons (Fsp3) is 0.385. The number of hydrogen-bond donors (Lipinski definition) is 1. The maximum atomic E-state index is 14.2. The molecule has 1 heterocycles. The zero-order valence-electron chi connectivity index (χ0n) is 12.0. The largest absolute Gasteiger partial charge is 0.360 e. The third-order valence-corrected chi connectivity index (χ3v) is 7.24. The van der Waals surface area contributed by atoms with Crippen LogP contribution in [0.4, 0.5) is 8.78 Å². The van der Waals surface area contributed by atoms with E-state index in [1.54, 1.807) is 20.0 Å². The Bertz CT molecular complexity index is 715. The van der Waals surface area contributed by atoms with Gasteiger partial charge in [-0.15, -0.1) is 11.8 Å². The SMILES string of the molecule is CCOP(=O)(CSc1c[nH]c2cc(F)c(Br)c(F)c12)OCC. The number of aromatic amines is 1. The van der Waals surface area contributed by atoms with Gasteiger partial charge in [0.1, 0.15) is 11.3 Å². The minimum atomic E-state index is -3.23. The molecule has 1 N–H and O–H groups in total. The second kappa shape index (κ2) is 7.45. The molecule has 9 heteroatoms. The molecule has 0 amide bonds. The third kappa shape index (κ3) is 3.74. The Kier molecular flexibility index (Phi) is 6.07. The summed E-state index contributed by atoms with van der Waals surface area (Å²) in [6, 6.07) is 1.21. The Labute approximate surface area is 139 Å². The topological polar surface area (TPSA) is 51.3 Å². The van der Waals surface area contributed by atoms with E-state index in [2.05, 4.69) is 20.9 Å². The van der Waals surface area contributed by atoms with Crippen molar-refractivity contribution in [2.45, 2.75) is 18.7 Å². The highest BCUT2D eigenvalue weighted by atomic mass is 79.9. The summed E-state index contributed by atoms with van der Waals surface area (Å²) in [6.45, 7) is 3.97. The molecule has 0 radical (unpaired) electrons. The summed E-state index contributed by atoms with van der Waals surface area (Å²) in [4.78, 5) is 3.33. The number of benzene rings is 1. The van der Waals surface area contributed by atoms with Crippen molar-refractivity contribution in [3.05, 3.63) is 28.4 Å². The van der Waals surface area contributed by atoms with E-state index in [0.29, 0.717) is 10.4 Å². The molecule has 0 saturated carbocycles. The maximum Gasteiger partial charge on any atom is 0.340 e. The summed E-state index contributed by atoms with van der Waals surface area (Å²) in [5.74, 6) is -1.38. The molecule has 0 aliphatic heterocycles. The quantitative estimate of drug-likeness (QED) is 0.368. The number of thioether (sulfide) groups is 1. The Hall–Kier alpha value is -0.400. The maximum absolute atomic E-state index is 14.2. The van der Waals surface area contributed by atoms with Gasteiger partial charge in [0.2, 0.25) is 0 Å². The zero-order valence-corrected chi connectivity index (χ0v) is 15.3. The van der Waals surface area contributed by atoms with Gasteiger partial charge in [0.05, 0.1) is 28.6 Å². The van der Waals surface area contributed by atoms with E-state index >= 15 is 0 Å². The van der Waals surface area contributed by atoms with Gasteiger partial charge in [-0.25, -0.2) is 8.78 Å². The van der Waals surface area contributed by atoms with Crippen LogP contribution in [0.25, 0.3) is 10.9 Å². The van der Waals surface area contributed by atoms with Gasteiger partial charge in [0.15, 0.2) is 5.82 Å². The third-order valence-electron chi connectivity index (χ3n) is 2.80.